The van der Waals surface area contributed by atoms with E-state index in [2.05, 4.69) is 65.3 Å². The highest BCUT2D eigenvalue weighted by Gasteiger charge is 2.44. The molecule has 0 aromatic heterocycles. The minimum absolute atomic E-state index is 0.0462. The van der Waals surface area contributed by atoms with Crippen molar-refractivity contribution in [3.63, 3.8) is 0 Å². The zero-order valence-electron chi connectivity index (χ0n) is 30.4. The zero-order chi connectivity index (χ0) is 34.9. The number of rotatable bonds is 15. The van der Waals surface area contributed by atoms with Crippen LogP contribution in [0.25, 0.3) is 6.08 Å². The monoisotopic (exact) mass is 678 g/mol. The number of benzene rings is 1. The number of hydrogen-bond donors (Lipinski definition) is 1. The van der Waals surface area contributed by atoms with E-state index in [0.29, 0.717) is 36.7 Å². The fraction of sp³-hybridized carbons (Fsp3) is 0.686. The number of carbonyl (C=O) groups is 1. The summed E-state index contributed by atoms with van der Waals surface area (Å²) in [5.41, 5.74) is 0.846. The molecule has 0 spiro atoms. The second-order valence-electron chi connectivity index (χ2n) is 15.1. The Morgan fingerprint density at radius 3 is 2.37 bits per heavy atom. The van der Waals surface area contributed by atoms with Gasteiger partial charge in [-0.3, -0.25) is 0 Å². The minimum atomic E-state index is -1.90. The van der Waals surface area contributed by atoms with Crippen molar-refractivity contribution in [3.05, 3.63) is 29.3 Å². The maximum Gasteiger partial charge on any atom is 0.342 e. The van der Waals surface area contributed by atoms with Gasteiger partial charge in [-0.1, -0.05) is 64.4 Å². The molecular formula is C35H58O9Si2. The summed E-state index contributed by atoms with van der Waals surface area (Å²) < 4.78 is 40.6. The van der Waals surface area contributed by atoms with Crippen LogP contribution < -0.4 is 9.47 Å². The highest BCUT2D eigenvalue weighted by Crippen LogP contribution is 2.37. The van der Waals surface area contributed by atoms with E-state index in [9.17, 15) is 9.90 Å². The van der Waals surface area contributed by atoms with Crippen molar-refractivity contribution in [2.24, 2.45) is 5.92 Å². The lowest BCUT2D eigenvalue weighted by Crippen LogP contribution is -2.41. The molecule has 0 amide bonds. The zero-order valence-corrected chi connectivity index (χ0v) is 32.4. The van der Waals surface area contributed by atoms with E-state index in [1.165, 1.54) is 7.11 Å². The van der Waals surface area contributed by atoms with Crippen molar-refractivity contribution >= 4 is 28.4 Å². The van der Waals surface area contributed by atoms with Crippen LogP contribution in [0.5, 0.6) is 11.5 Å². The number of carbonyl (C=O) groups excluding carboxylic acids is 1. The number of methoxy groups -OCH3 is 2. The predicted octanol–water partition coefficient (Wildman–Crippen LogP) is 7.12. The van der Waals surface area contributed by atoms with E-state index in [1.807, 2.05) is 26.8 Å². The summed E-state index contributed by atoms with van der Waals surface area (Å²) in [4.78, 5) is 13.4. The molecule has 260 valence electrons. The van der Waals surface area contributed by atoms with Gasteiger partial charge >= 0.3 is 5.97 Å². The SMILES string of the molecule is COCOc1cc(OC)cc(/C=C/CC2OC(C)(C)OC2C(O)C#C[C@@H](C)CO[Si](C)(C)C(C)(C)C)c1C(=O)OCC[Si](C)(C)C. The summed E-state index contributed by atoms with van der Waals surface area (Å²) in [6.07, 6.45) is 1.88. The third-order valence-corrected chi connectivity index (χ3v) is 14.3. The van der Waals surface area contributed by atoms with Gasteiger partial charge in [-0.15, -0.1) is 0 Å². The summed E-state index contributed by atoms with van der Waals surface area (Å²) in [5, 5.41) is 11.2. The largest absolute Gasteiger partial charge is 0.497 e. The van der Waals surface area contributed by atoms with E-state index in [-0.39, 0.29) is 23.3 Å². The average molecular weight is 679 g/mol. The molecule has 1 saturated heterocycles. The lowest BCUT2D eigenvalue weighted by molar-refractivity contribution is -0.151. The summed E-state index contributed by atoms with van der Waals surface area (Å²) in [6.45, 7) is 24.2. The van der Waals surface area contributed by atoms with Crippen LogP contribution in [0.15, 0.2) is 18.2 Å². The third kappa shape index (κ3) is 12.5. The molecule has 1 aliphatic rings. The van der Waals surface area contributed by atoms with Crippen molar-refractivity contribution in [3.8, 4) is 23.3 Å². The van der Waals surface area contributed by atoms with Gasteiger partial charge in [0, 0.05) is 33.8 Å². The molecule has 4 atom stereocenters. The summed E-state index contributed by atoms with van der Waals surface area (Å²) >= 11 is 0. The van der Waals surface area contributed by atoms with E-state index in [0.717, 1.165) is 6.04 Å². The second-order valence-corrected chi connectivity index (χ2v) is 25.5. The van der Waals surface area contributed by atoms with E-state index in [1.54, 1.807) is 25.3 Å². The van der Waals surface area contributed by atoms with Crippen LogP contribution in [0.2, 0.25) is 43.8 Å². The maximum atomic E-state index is 13.4. The van der Waals surface area contributed by atoms with Crippen LogP contribution in [0.4, 0.5) is 0 Å². The Labute approximate surface area is 279 Å². The van der Waals surface area contributed by atoms with Crippen LogP contribution >= 0.6 is 0 Å². The Bertz CT molecular complexity index is 1240. The maximum absolute atomic E-state index is 13.4. The molecule has 0 aliphatic carbocycles. The number of ether oxygens (including phenoxy) is 6. The van der Waals surface area contributed by atoms with Crippen molar-refractivity contribution in [1.82, 2.24) is 0 Å². The van der Waals surface area contributed by atoms with Crippen LogP contribution in [-0.2, 0) is 23.4 Å². The number of aliphatic hydroxyl groups is 1. The Morgan fingerprint density at radius 2 is 1.78 bits per heavy atom. The molecule has 46 heavy (non-hydrogen) atoms. The second kappa shape index (κ2) is 16.8. The number of aliphatic hydroxyl groups excluding tert-OH is 1. The van der Waals surface area contributed by atoms with Gasteiger partial charge in [0.25, 0.3) is 0 Å². The van der Waals surface area contributed by atoms with Crippen molar-refractivity contribution in [2.45, 2.75) is 116 Å². The molecule has 2 rings (SSSR count). The standard InChI is InChI=1S/C35H58O9Si2/c1-25(23-42-46(12,13)34(2,3)4)17-18-28(36)32-29(43-35(5,6)44-32)16-14-15-26-21-27(39-8)22-30(41-24-38-7)31(26)33(37)40-19-20-45(9,10)11/h14-15,21-22,25,28-29,32,36H,16,19-20,23-24H2,1-13H3/b15-14+/t25-,28?,29?,32?/m1/s1. The topological polar surface area (TPSA) is 102 Å². The van der Waals surface area contributed by atoms with Gasteiger partial charge in [-0.2, -0.15) is 0 Å². The first-order valence-corrected chi connectivity index (χ1v) is 22.7. The molecule has 0 bridgehead atoms. The molecular weight excluding hydrogens is 621 g/mol. The van der Waals surface area contributed by atoms with Crippen LogP contribution in [0.3, 0.4) is 0 Å². The highest BCUT2D eigenvalue weighted by molar-refractivity contribution is 6.76. The van der Waals surface area contributed by atoms with Crippen molar-refractivity contribution in [2.75, 3.05) is 34.2 Å². The third-order valence-electron chi connectivity index (χ3n) is 8.14. The van der Waals surface area contributed by atoms with Crippen LogP contribution in [-0.4, -0.2) is 85.8 Å². The van der Waals surface area contributed by atoms with Gasteiger partial charge in [-0.25, -0.2) is 4.79 Å². The van der Waals surface area contributed by atoms with Gasteiger partial charge in [0.05, 0.1) is 19.8 Å². The molecule has 1 aliphatic heterocycles. The Hall–Kier alpha value is -2.18. The van der Waals surface area contributed by atoms with Crippen molar-refractivity contribution < 1.29 is 42.7 Å². The lowest BCUT2D eigenvalue weighted by Gasteiger charge is -2.36. The van der Waals surface area contributed by atoms with Gasteiger partial charge in [-0.05, 0) is 63.0 Å². The molecule has 1 aromatic carbocycles. The van der Waals surface area contributed by atoms with Crippen LogP contribution in [0, 0.1) is 17.8 Å². The van der Waals surface area contributed by atoms with Gasteiger partial charge in [0.2, 0.25) is 0 Å². The molecule has 11 heteroatoms. The first-order chi connectivity index (χ1) is 21.2. The van der Waals surface area contributed by atoms with Gasteiger partial charge in [0.15, 0.2) is 20.9 Å². The predicted molar refractivity (Wildman–Crippen MR) is 188 cm³/mol. The minimum Gasteiger partial charge on any atom is -0.497 e. The highest BCUT2D eigenvalue weighted by atomic mass is 28.4. The van der Waals surface area contributed by atoms with Crippen molar-refractivity contribution in [1.29, 1.82) is 0 Å². The molecule has 0 radical (unpaired) electrons. The smallest absolute Gasteiger partial charge is 0.342 e. The molecule has 1 aromatic rings. The quantitative estimate of drug-likeness (QED) is 0.0900. The Kier molecular flexibility index (Phi) is 14.6. The molecule has 3 unspecified atom stereocenters. The summed E-state index contributed by atoms with van der Waals surface area (Å²) in [6, 6.07) is 4.25. The number of esters is 1. The Balaban J connectivity index is 2.26. The fourth-order valence-electron chi connectivity index (χ4n) is 4.38. The van der Waals surface area contributed by atoms with Crippen LogP contribution in [0.1, 0.15) is 63.9 Å². The molecule has 1 N–H and O–H groups in total. The van der Waals surface area contributed by atoms with Gasteiger partial charge in [0.1, 0.15) is 29.3 Å². The molecule has 1 heterocycles. The first kappa shape index (κ1) is 40.0. The first-order valence-electron chi connectivity index (χ1n) is 16.1. The van der Waals surface area contributed by atoms with E-state index >= 15 is 0 Å². The average Bonchev–Trinajstić information content (AvgIpc) is 3.25. The summed E-state index contributed by atoms with van der Waals surface area (Å²) in [5.74, 6) is 5.52. The summed E-state index contributed by atoms with van der Waals surface area (Å²) in [7, 11) is -0.243. The normalized spacial score (nSPS) is 19.8. The Morgan fingerprint density at radius 1 is 1.11 bits per heavy atom. The van der Waals surface area contributed by atoms with E-state index < -0.39 is 46.5 Å². The van der Waals surface area contributed by atoms with Gasteiger partial charge < -0.3 is 38.0 Å². The molecule has 0 saturated carbocycles. The number of hydrogen-bond acceptors (Lipinski definition) is 9. The van der Waals surface area contributed by atoms with E-state index in [4.69, 9.17) is 32.8 Å². The fourth-order valence-corrected chi connectivity index (χ4v) is 6.19. The molecule has 1 fully saturated rings. The lowest BCUT2D eigenvalue weighted by atomic mass is 10.0. The molecule has 9 nitrogen and oxygen atoms in total.